The number of methoxy groups -OCH3 is 2. The van der Waals surface area contributed by atoms with Crippen LogP contribution >= 0.6 is 23.5 Å². The minimum absolute atomic E-state index is 0.459. The SMILES string of the molecule is COc1ccc(SC)c2c1C(F)(F)C(F)(F)C(F)(F)C2(F)F.COc1ccc(SC)c2c1C(F)(F)C(F)(F)C(F)(F)C2(F)F. The van der Waals surface area contributed by atoms with Gasteiger partial charge >= 0.3 is 47.4 Å². The fraction of sp³-hybridized carbons (Fsp3) is 0.500. The van der Waals surface area contributed by atoms with Crippen LogP contribution in [-0.2, 0) is 23.7 Å². The van der Waals surface area contributed by atoms with Gasteiger partial charge in [-0.3, -0.25) is 0 Å². The minimum atomic E-state index is -6.28. The molecule has 2 aromatic rings. The Labute approximate surface area is 245 Å². The van der Waals surface area contributed by atoms with Crippen molar-refractivity contribution in [1.82, 2.24) is 0 Å². The molecule has 0 spiro atoms. The summed E-state index contributed by atoms with van der Waals surface area (Å²) in [5, 5.41) is 0. The monoisotopic (exact) mass is 704 g/mol. The Hall–Kier alpha value is -2.38. The molecule has 0 radical (unpaired) electrons. The van der Waals surface area contributed by atoms with Gasteiger partial charge in [0.1, 0.15) is 11.5 Å². The highest BCUT2D eigenvalue weighted by atomic mass is 32.2. The van der Waals surface area contributed by atoms with Gasteiger partial charge in [0.2, 0.25) is 0 Å². The normalized spacial score (nSPS) is 23.7. The first-order chi connectivity index (χ1) is 19.7. The van der Waals surface area contributed by atoms with E-state index >= 15 is 0 Å². The van der Waals surface area contributed by atoms with E-state index < -0.39 is 90.9 Å². The van der Waals surface area contributed by atoms with Crippen LogP contribution in [0.15, 0.2) is 34.1 Å². The average molecular weight is 704 g/mol. The smallest absolute Gasteiger partial charge is 0.383 e. The zero-order valence-electron chi connectivity index (χ0n) is 22.0. The second-order valence-electron chi connectivity index (χ2n) is 9.04. The average Bonchev–Trinajstić information content (AvgIpc) is 2.93. The summed E-state index contributed by atoms with van der Waals surface area (Å²) in [6.07, 6.45) is 2.34. The summed E-state index contributed by atoms with van der Waals surface area (Å²) in [6, 6.07) is 3.19. The molecule has 2 nitrogen and oxygen atoms in total. The zero-order chi connectivity index (χ0) is 34.3. The maximum atomic E-state index is 13.9. The lowest BCUT2D eigenvalue weighted by atomic mass is 9.79. The van der Waals surface area contributed by atoms with E-state index in [4.69, 9.17) is 0 Å². The van der Waals surface area contributed by atoms with Crippen molar-refractivity contribution in [2.75, 3.05) is 26.7 Å². The number of hydrogen-bond donors (Lipinski definition) is 0. The van der Waals surface area contributed by atoms with E-state index in [1.54, 1.807) is 0 Å². The topological polar surface area (TPSA) is 18.5 Å². The molecule has 0 aliphatic heterocycles. The van der Waals surface area contributed by atoms with E-state index in [2.05, 4.69) is 9.47 Å². The number of thioether (sulfide) groups is 2. The Morgan fingerprint density at radius 1 is 0.409 bits per heavy atom. The molecule has 44 heavy (non-hydrogen) atoms. The number of fused-ring (bicyclic) bond motifs is 2. The van der Waals surface area contributed by atoms with Gasteiger partial charge in [0.25, 0.3) is 0 Å². The summed E-state index contributed by atoms with van der Waals surface area (Å²) in [4.78, 5) is -1.31. The highest BCUT2D eigenvalue weighted by molar-refractivity contribution is 7.98. The molecule has 0 saturated carbocycles. The highest BCUT2D eigenvalue weighted by Gasteiger charge is 2.87. The maximum Gasteiger partial charge on any atom is 0.383 e. The van der Waals surface area contributed by atoms with Crippen molar-refractivity contribution in [2.24, 2.45) is 0 Å². The van der Waals surface area contributed by atoms with Gasteiger partial charge in [0.15, 0.2) is 0 Å². The molecule has 0 amide bonds. The van der Waals surface area contributed by atoms with Gasteiger partial charge in [-0.1, -0.05) is 0 Å². The molecule has 0 bridgehead atoms. The molecule has 2 aliphatic rings. The quantitative estimate of drug-likeness (QED) is 0.233. The Kier molecular flexibility index (Phi) is 8.68. The molecule has 0 unspecified atom stereocenters. The summed E-state index contributed by atoms with van der Waals surface area (Å²) in [7, 11) is 1.57. The fourth-order valence-electron chi connectivity index (χ4n) is 4.47. The second kappa shape index (κ2) is 10.6. The molecule has 0 fully saturated rings. The number of ether oxygens (including phenoxy) is 2. The van der Waals surface area contributed by atoms with Crippen LogP contribution in [-0.4, -0.2) is 50.4 Å². The second-order valence-corrected chi connectivity index (χ2v) is 10.7. The van der Waals surface area contributed by atoms with E-state index in [0.29, 0.717) is 23.5 Å². The lowest BCUT2D eigenvalue weighted by Crippen LogP contribution is -2.64. The van der Waals surface area contributed by atoms with E-state index in [1.807, 2.05) is 0 Å². The summed E-state index contributed by atoms with van der Waals surface area (Å²) in [6.45, 7) is 0. The first-order valence-electron chi connectivity index (χ1n) is 11.3. The van der Waals surface area contributed by atoms with Gasteiger partial charge in [-0.2, -0.15) is 70.2 Å². The standard InChI is InChI=1S/2C12H8F8OS/c2*1-21-5-3-4-6(22-2)8-7(5)9(13,14)11(17,18)12(19,20)10(8,15)16/h2*3-4H,1-2H3. The van der Waals surface area contributed by atoms with Crippen molar-refractivity contribution in [2.45, 2.75) is 57.2 Å². The summed E-state index contributed by atoms with van der Waals surface area (Å²) in [5.41, 5.74) is -7.49. The van der Waals surface area contributed by atoms with Crippen molar-refractivity contribution >= 4 is 23.5 Å². The molecule has 20 heteroatoms. The van der Waals surface area contributed by atoms with Gasteiger partial charge < -0.3 is 9.47 Å². The molecule has 0 aromatic heterocycles. The van der Waals surface area contributed by atoms with E-state index in [9.17, 15) is 70.2 Å². The lowest BCUT2D eigenvalue weighted by molar-refractivity contribution is -0.387. The highest BCUT2D eigenvalue weighted by Crippen LogP contribution is 2.68. The maximum absolute atomic E-state index is 13.9. The fourth-order valence-corrected chi connectivity index (χ4v) is 5.75. The molecule has 248 valence electrons. The summed E-state index contributed by atoms with van der Waals surface area (Å²) < 4.78 is 228. The molecular formula is C24H16F16O2S2. The number of rotatable bonds is 4. The Balaban J connectivity index is 0.000000240. The Morgan fingerprint density at radius 2 is 0.636 bits per heavy atom. The van der Waals surface area contributed by atoms with Crippen molar-refractivity contribution in [1.29, 1.82) is 0 Å². The van der Waals surface area contributed by atoms with Crippen LogP contribution in [0.1, 0.15) is 22.3 Å². The molecule has 0 heterocycles. The zero-order valence-corrected chi connectivity index (χ0v) is 23.6. The molecule has 0 saturated heterocycles. The molecule has 4 rings (SSSR count). The molecule has 0 N–H and O–H groups in total. The van der Waals surface area contributed by atoms with E-state index in [1.165, 1.54) is 12.5 Å². The summed E-state index contributed by atoms with van der Waals surface area (Å²) in [5.74, 6) is -49.1. The Morgan fingerprint density at radius 3 is 0.841 bits per heavy atom. The third-order valence-corrected chi connectivity index (χ3v) is 8.32. The van der Waals surface area contributed by atoms with Crippen LogP contribution in [0, 0.1) is 0 Å². The van der Waals surface area contributed by atoms with Crippen LogP contribution in [0.5, 0.6) is 11.5 Å². The Bertz CT molecular complexity index is 1230. The lowest BCUT2D eigenvalue weighted by Gasteiger charge is -2.43. The van der Waals surface area contributed by atoms with Crippen molar-refractivity contribution in [3.63, 3.8) is 0 Å². The van der Waals surface area contributed by atoms with Gasteiger partial charge in [0, 0.05) is 9.79 Å². The first kappa shape index (κ1) is 36.1. The van der Waals surface area contributed by atoms with Gasteiger partial charge in [-0.25, -0.2) is 0 Å². The van der Waals surface area contributed by atoms with Crippen molar-refractivity contribution in [3.8, 4) is 11.5 Å². The number of halogens is 16. The first-order valence-corrected chi connectivity index (χ1v) is 13.7. The van der Waals surface area contributed by atoms with E-state index in [0.717, 1.165) is 38.5 Å². The van der Waals surface area contributed by atoms with Crippen LogP contribution in [0.3, 0.4) is 0 Å². The van der Waals surface area contributed by atoms with Gasteiger partial charge in [0.05, 0.1) is 36.5 Å². The van der Waals surface area contributed by atoms with Crippen molar-refractivity contribution in [3.05, 3.63) is 46.5 Å². The predicted molar refractivity (Wildman–Crippen MR) is 125 cm³/mol. The molecule has 0 atom stereocenters. The van der Waals surface area contributed by atoms with Crippen LogP contribution in [0.2, 0.25) is 0 Å². The van der Waals surface area contributed by atoms with Gasteiger partial charge in [-0.15, -0.1) is 23.5 Å². The van der Waals surface area contributed by atoms with Crippen LogP contribution in [0.25, 0.3) is 0 Å². The molecule has 2 aliphatic carbocycles. The molecular weight excluding hydrogens is 688 g/mol. The molecule has 2 aromatic carbocycles. The van der Waals surface area contributed by atoms with Crippen LogP contribution < -0.4 is 9.47 Å². The van der Waals surface area contributed by atoms with E-state index in [-0.39, 0.29) is 0 Å². The van der Waals surface area contributed by atoms with Gasteiger partial charge in [-0.05, 0) is 36.8 Å². The third-order valence-electron chi connectivity index (χ3n) is 6.76. The number of alkyl halides is 16. The largest absolute Gasteiger partial charge is 0.496 e. The summed E-state index contributed by atoms with van der Waals surface area (Å²) >= 11 is 0.919. The third kappa shape index (κ3) is 4.27. The van der Waals surface area contributed by atoms with Crippen molar-refractivity contribution < 1.29 is 79.7 Å². The predicted octanol–water partition coefficient (Wildman–Crippen LogP) is 9.77. The van der Waals surface area contributed by atoms with Crippen LogP contribution in [0.4, 0.5) is 70.2 Å². The number of hydrogen-bond acceptors (Lipinski definition) is 4. The minimum Gasteiger partial charge on any atom is -0.496 e. The number of benzene rings is 2.